The summed E-state index contributed by atoms with van der Waals surface area (Å²) < 4.78 is 5.08. The molecule has 0 aromatic carbocycles. The Hall–Kier alpha value is -0.810. The molecule has 1 heterocycles. The summed E-state index contributed by atoms with van der Waals surface area (Å²) in [7, 11) is 0. The second-order valence-electron chi connectivity index (χ2n) is 4.18. The molecule has 0 fully saturated rings. The molecule has 1 aromatic heterocycles. The van der Waals surface area contributed by atoms with Gasteiger partial charge in [-0.25, -0.2) is 4.79 Å². The molecule has 0 atom stereocenters. The Labute approximate surface area is 123 Å². The maximum Gasteiger partial charge on any atom is 0.372 e. The molecular weight excluding hydrogens is 284 g/mol. The Balaban J connectivity index is 2.08. The fourth-order valence-electron chi connectivity index (χ4n) is 1.54. The summed E-state index contributed by atoms with van der Waals surface area (Å²) in [5, 5.41) is 7.07. The van der Waals surface area contributed by atoms with Gasteiger partial charge in [0.15, 0.2) is 10.9 Å². The number of nitrogens with zero attached hydrogens (tertiary/aromatic N) is 2. The van der Waals surface area contributed by atoms with Crippen molar-refractivity contribution in [2.24, 2.45) is 0 Å². The van der Waals surface area contributed by atoms with Crippen LogP contribution in [0.5, 0.6) is 5.75 Å². The van der Waals surface area contributed by atoms with Crippen molar-refractivity contribution in [1.29, 1.82) is 0 Å². The molecule has 0 bridgehead atoms. The number of thioether (sulfide) groups is 1. The standard InChI is InChI=1S/C13H19ClN2O2S/c1-2-3-4-5-6-7-8-19-13(17)18-11-9-12(14)16-15-10-11/h9-10H,2-8H2,1H3. The predicted octanol–water partition coefficient (Wildman–Crippen LogP) is 4.72. The summed E-state index contributed by atoms with van der Waals surface area (Å²) in [6.45, 7) is 2.20. The first-order valence-electron chi connectivity index (χ1n) is 6.55. The molecule has 0 saturated heterocycles. The van der Waals surface area contributed by atoms with Gasteiger partial charge in [-0.2, -0.15) is 5.10 Å². The Kier molecular flexibility index (Phi) is 8.58. The van der Waals surface area contributed by atoms with Crippen LogP contribution in [-0.2, 0) is 0 Å². The number of unbranched alkanes of at least 4 members (excludes halogenated alkanes) is 5. The van der Waals surface area contributed by atoms with Gasteiger partial charge in [0.2, 0.25) is 0 Å². The molecule has 1 aromatic rings. The van der Waals surface area contributed by atoms with E-state index in [4.69, 9.17) is 16.3 Å². The molecule has 106 valence electrons. The number of halogens is 1. The van der Waals surface area contributed by atoms with Crippen molar-refractivity contribution >= 4 is 28.7 Å². The van der Waals surface area contributed by atoms with Crippen molar-refractivity contribution in [2.75, 3.05) is 5.75 Å². The highest BCUT2D eigenvalue weighted by molar-refractivity contribution is 8.13. The molecule has 4 nitrogen and oxygen atoms in total. The van der Waals surface area contributed by atoms with Crippen LogP contribution in [0, 0.1) is 0 Å². The maximum absolute atomic E-state index is 11.5. The van der Waals surface area contributed by atoms with Crippen molar-refractivity contribution in [3.63, 3.8) is 0 Å². The van der Waals surface area contributed by atoms with Crippen molar-refractivity contribution in [1.82, 2.24) is 10.2 Å². The number of rotatable bonds is 8. The lowest BCUT2D eigenvalue weighted by atomic mass is 10.1. The highest BCUT2D eigenvalue weighted by atomic mass is 35.5. The molecule has 0 radical (unpaired) electrons. The minimum absolute atomic E-state index is 0.214. The van der Waals surface area contributed by atoms with Gasteiger partial charge in [-0.05, 0) is 18.2 Å². The van der Waals surface area contributed by atoms with Crippen LogP contribution < -0.4 is 4.74 Å². The molecule has 1 rings (SSSR count). The first kappa shape index (κ1) is 16.2. The van der Waals surface area contributed by atoms with Gasteiger partial charge in [0.05, 0.1) is 6.20 Å². The fraction of sp³-hybridized carbons (Fsp3) is 0.615. The van der Waals surface area contributed by atoms with Crippen molar-refractivity contribution in [3.05, 3.63) is 17.4 Å². The normalized spacial score (nSPS) is 10.4. The number of carbonyl (C=O) groups is 1. The van der Waals surface area contributed by atoms with Crippen LogP contribution in [0.15, 0.2) is 12.3 Å². The molecule has 0 saturated carbocycles. The van der Waals surface area contributed by atoms with E-state index >= 15 is 0 Å². The molecule has 0 spiro atoms. The average molecular weight is 303 g/mol. The SMILES string of the molecule is CCCCCCCCSC(=O)Oc1cnnc(Cl)c1. The summed E-state index contributed by atoms with van der Waals surface area (Å²) in [5.41, 5.74) is 0. The second-order valence-corrected chi connectivity index (χ2v) is 5.60. The summed E-state index contributed by atoms with van der Waals surface area (Å²) in [5.74, 6) is 1.12. The van der Waals surface area contributed by atoms with Crippen LogP contribution in [0.1, 0.15) is 45.4 Å². The van der Waals surface area contributed by atoms with Gasteiger partial charge in [0, 0.05) is 11.8 Å². The van der Waals surface area contributed by atoms with E-state index in [1.54, 1.807) is 0 Å². The third kappa shape index (κ3) is 8.06. The van der Waals surface area contributed by atoms with Gasteiger partial charge in [-0.15, -0.1) is 5.10 Å². The van der Waals surface area contributed by atoms with Gasteiger partial charge in [-0.1, -0.05) is 50.6 Å². The van der Waals surface area contributed by atoms with Gasteiger partial charge >= 0.3 is 5.30 Å². The number of ether oxygens (including phenoxy) is 1. The van der Waals surface area contributed by atoms with Crippen LogP contribution in [0.4, 0.5) is 4.79 Å². The smallest absolute Gasteiger partial charge is 0.372 e. The molecule has 0 amide bonds. The second kappa shape index (κ2) is 10.0. The lowest BCUT2D eigenvalue weighted by Gasteiger charge is -2.03. The lowest BCUT2D eigenvalue weighted by molar-refractivity contribution is 0.227. The van der Waals surface area contributed by atoms with Gasteiger partial charge in [0.25, 0.3) is 0 Å². The zero-order chi connectivity index (χ0) is 13.9. The number of hydrogen-bond acceptors (Lipinski definition) is 5. The van der Waals surface area contributed by atoms with Crippen LogP contribution in [0.2, 0.25) is 5.15 Å². The number of hydrogen-bond donors (Lipinski definition) is 0. The first-order valence-corrected chi connectivity index (χ1v) is 7.91. The Morgan fingerprint density at radius 2 is 2.05 bits per heavy atom. The van der Waals surface area contributed by atoms with Crippen molar-refractivity contribution in [2.45, 2.75) is 45.4 Å². The van der Waals surface area contributed by atoms with Crippen molar-refractivity contribution < 1.29 is 9.53 Å². The molecule has 0 aliphatic carbocycles. The van der Waals surface area contributed by atoms with Crippen LogP contribution in [-0.4, -0.2) is 21.3 Å². The third-order valence-corrected chi connectivity index (χ3v) is 3.52. The van der Waals surface area contributed by atoms with Gasteiger partial charge in [-0.3, -0.25) is 0 Å². The molecule has 0 aliphatic heterocycles. The summed E-state index contributed by atoms with van der Waals surface area (Å²) >= 11 is 6.83. The maximum atomic E-state index is 11.5. The molecule has 0 aliphatic rings. The van der Waals surface area contributed by atoms with Crippen LogP contribution in [0.25, 0.3) is 0 Å². The van der Waals surface area contributed by atoms with E-state index in [-0.39, 0.29) is 10.5 Å². The van der Waals surface area contributed by atoms with Gasteiger partial charge in [0.1, 0.15) is 0 Å². The number of aromatic nitrogens is 2. The van der Waals surface area contributed by atoms with Crippen molar-refractivity contribution in [3.8, 4) is 5.75 Å². The van der Waals surface area contributed by atoms with E-state index in [0.717, 1.165) is 12.2 Å². The average Bonchev–Trinajstić information content (AvgIpc) is 2.37. The van der Waals surface area contributed by atoms with E-state index in [2.05, 4.69) is 17.1 Å². The zero-order valence-corrected chi connectivity index (χ0v) is 12.7. The summed E-state index contributed by atoms with van der Waals surface area (Å²) in [4.78, 5) is 11.5. The molecule has 6 heteroatoms. The quantitative estimate of drug-likeness (QED) is 0.513. The van der Waals surface area contributed by atoms with Crippen LogP contribution in [0.3, 0.4) is 0 Å². The first-order chi connectivity index (χ1) is 9.22. The predicted molar refractivity (Wildman–Crippen MR) is 78.9 cm³/mol. The van der Waals surface area contributed by atoms with Crippen LogP contribution >= 0.6 is 23.4 Å². The highest BCUT2D eigenvalue weighted by Gasteiger charge is 2.06. The lowest BCUT2D eigenvalue weighted by Crippen LogP contribution is -2.02. The summed E-state index contributed by atoms with van der Waals surface area (Å²) in [6.07, 6.45) is 8.66. The number of carbonyl (C=O) groups excluding carboxylic acids is 1. The van der Waals surface area contributed by atoms with Gasteiger partial charge < -0.3 is 4.74 Å². The molecule has 0 N–H and O–H groups in total. The van der Waals surface area contributed by atoms with E-state index < -0.39 is 0 Å². The summed E-state index contributed by atoms with van der Waals surface area (Å²) in [6, 6.07) is 1.47. The minimum atomic E-state index is -0.322. The molecule has 0 unspecified atom stereocenters. The largest absolute Gasteiger partial charge is 0.417 e. The molecular formula is C13H19ClN2O2S. The monoisotopic (exact) mass is 302 g/mol. The highest BCUT2D eigenvalue weighted by Crippen LogP contribution is 2.17. The van der Waals surface area contributed by atoms with E-state index in [1.165, 1.54) is 56.1 Å². The van der Waals surface area contributed by atoms with E-state index in [0.29, 0.717) is 5.75 Å². The Bertz CT molecular complexity index is 391. The third-order valence-electron chi connectivity index (χ3n) is 2.52. The van der Waals surface area contributed by atoms with E-state index in [9.17, 15) is 4.79 Å². The fourth-order valence-corrected chi connectivity index (χ4v) is 2.37. The minimum Gasteiger partial charge on any atom is -0.417 e. The van der Waals surface area contributed by atoms with E-state index in [1.807, 2.05) is 0 Å². The zero-order valence-electron chi connectivity index (χ0n) is 11.1. The Morgan fingerprint density at radius 1 is 1.32 bits per heavy atom. The Morgan fingerprint density at radius 3 is 2.79 bits per heavy atom. The molecule has 19 heavy (non-hydrogen) atoms. The topological polar surface area (TPSA) is 52.1 Å².